The molecule has 4 heteroatoms. The van der Waals surface area contributed by atoms with Crippen LogP contribution in [0.3, 0.4) is 0 Å². The van der Waals surface area contributed by atoms with E-state index in [-0.39, 0.29) is 0 Å². The van der Waals surface area contributed by atoms with Gasteiger partial charge < -0.3 is 0 Å². The highest BCUT2D eigenvalue weighted by Crippen LogP contribution is 2.35. The summed E-state index contributed by atoms with van der Waals surface area (Å²) in [5, 5.41) is 9.19. The summed E-state index contributed by atoms with van der Waals surface area (Å²) in [7, 11) is 0. The Morgan fingerprint density at radius 1 is 0.383 bits per heavy atom. The minimum absolute atomic E-state index is 0.863. The topological polar surface area (TPSA) is 30.7 Å². The lowest BCUT2D eigenvalue weighted by Crippen LogP contribution is -2.01. The maximum Gasteiger partial charge on any atom is 0.168 e. The van der Waals surface area contributed by atoms with Gasteiger partial charge in [-0.05, 0) is 108 Å². The molecule has 0 spiro atoms. The van der Waals surface area contributed by atoms with Crippen molar-refractivity contribution in [3.8, 4) is 49.3 Å². The Labute approximate surface area is 283 Å². The van der Waals surface area contributed by atoms with E-state index in [9.17, 15) is 0 Å². The zero-order valence-electron chi connectivity index (χ0n) is 28.3. The molecular formula is C43H41N3S. The third-order valence-electron chi connectivity index (χ3n) is 8.09. The first kappa shape index (κ1) is 31.9. The van der Waals surface area contributed by atoms with Crippen molar-refractivity contribution in [1.82, 2.24) is 14.8 Å². The van der Waals surface area contributed by atoms with Gasteiger partial charge in [-0.15, -0.1) is 21.5 Å². The number of aryl methyl sites for hydroxylation is 7. The molecule has 0 aliphatic heterocycles. The number of hydrogen-bond donors (Lipinski definition) is 0. The van der Waals surface area contributed by atoms with E-state index in [0.29, 0.717) is 0 Å². The monoisotopic (exact) mass is 631 g/mol. The molecule has 0 N–H and O–H groups in total. The summed E-state index contributed by atoms with van der Waals surface area (Å²) in [5.74, 6) is 1.73. The number of aromatic nitrogens is 3. The molecule has 0 saturated carbocycles. The number of benzene rings is 5. The lowest BCUT2D eigenvalue weighted by Gasteiger charge is -2.12. The molecule has 0 fully saturated rings. The fraction of sp³-hybridized carbons (Fsp3) is 0.163. The lowest BCUT2D eigenvalue weighted by molar-refractivity contribution is 1.07. The number of nitrogens with zero attached hydrogens (tertiary/aromatic N) is 3. The van der Waals surface area contributed by atoms with Crippen LogP contribution in [0, 0.1) is 48.5 Å². The number of hydrogen-bond acceptors (Lipinski definition) is 3. The van der Waals surface area contributed by atoms with Crippen LogP contribution in [0.15, 0.2) is 121 Å². The zero-order chi connectivity index (χ0) is 33.1. The third-order valence-corrected chi connectivity index (χ3v) is 9.27. The van der Waals surface area contributed by atoms with Crippen LogP contribution in [0.1, 0.15) is 38.9 Å². The summed E-state index contributed by atoms with van der Waals surface area (Å²) in [5.41, 5.74) is 14.7. The first-order chi connectivity index (χ1) is 22.6. The van der Waals surface area contributed by atoms with Gasteiger partial charge in [0.25, 0.3) is 0 Å². The molecule has 234 valence electrons. The van der Waals surface area contributed by atoms with Crippen molar-refractivity contribution in [3.63, 3.8) is 0 Å². The maximum atomic E-state index is 4.59. The highest BCUT2D eigenvalue weighted by molar-refractivity contribution is 7.18. The summed E-state index contributed by atoms with van der Waals surface area (Å²) in [6, 6.07) is 43.3. The Hall–Kier alpha value is -5.06. The summed E-state index contributed by atoms with van der Waals surface area (Å²) < 4.78 is 2.16. The van der Waals surface area contributed by atoms with E-state index in [0.717, 1.165) is 28.5 Å². The van der Waals surface area contributed by atoms with E-state index in [1.807, 2.05) is 29.5 Å². The summed E-state index contributed by atoms with van der Waals surface area (Å²) in [6.45, 7) is 14.9. The van der Waals surface area contributed by atoms with Crippen LogP contribution in [0.2, 0.25) is 0 Å². The number of rotatable bonds is 5. The third kappa shape index (κ3) is 7.51. The van der Waals surface area contributed by atoms with E-state index < -0.39 is 0 Å². The largest absolute Gasteiger partial charge is 0.275 e. The van der Waals surface area contributed by atoms with E-state index in [1.54, 1.807) is 0 Å². The molecule has 7 aromatic rings. The second-order valence-corrected chi connectivity index (χ2v) is 13.8. The van der Waals surface area contributed by atoms with Crippen molar-refractivity contribution in [1.29, 1.82) is 0 Å². The molecule has 7 rings (SSSR count). The second-order valence-electron chi connectivity index (χ2n) is 12.7. The van der Waals surface area contributed by atoms with Gasteiger partial charge >= 0.3 is 0 Å². The number of thiophene rings is 1. The molecule has 0 bridgehead atoms. The van der Waals surface area contributed by atoms with Gasteiger partial charge in [0.05, 0.1) is 0 Å². The molecule has 0 unspecified atom stereocenters. The fourth-order valence-electron chi connectivity index (χ4n) is 6.17. The van der Waals surface area contributed by atoms with Gasteiger partial charge in [-0.3, -0.25) is 4.57 Å². The van der Waals surface area contributed by atoms with Crippen molar-refractivity contribution in [2.75, 3.05) is 0 Å². The molecule has 47 heavy (non-hydrogen) atoms. The van der Waals surface area contributed by atoms with Crippen molar-refractivity contribution >= 4 is 11.3 Å². The lowest BCUT2D eigenvalue weighted by atomic mass is 10.1. The predicted octanol–water partition coefficient (Wildman–Crippen LogP) is 11.8. The standard InChI is InChI=1S/C24H23N3.C19H18S/c1-16-10-17(2)13-20(12-16)23-25-26-24(21-14-18(3)11-19(4)15-21)27(23)22-8-6-5-7-9-22;1-13-4-6-16(7-5-13)18-8-9-19(20-18)17-11-14(2)10-15(3)12-17/h5-15H,1-4H3;4-12H,1-3H3. The van der Waals surface area contributed by atoms with Crippen molar-refractivity contribution in [3.05, 3.63) is 160 Å². The minimum Gasteiger partial charge on any atom is -0.275 e. The van der Waals surface area contributed by atoms with E-state index >= 15 is 0 Å². The Morgan fingerprint density at radius 2 is 0.787 bits per heavy atom. The van der Waals surface area contributed by atoms with Gasteiger partial charge in [0.2, 0.25) is 0 Å². The van der Waals surface area contributed by atoms with E-state index in [1.165, 1.54) is 59.8 Å². The minimum atomic E-state index is 0.863. The molecule has 0 aliphatic carbocycles. The molecule has 0 atom stereocenters. The summed E-state index contributed by atoms with van der Waals surface area (Å²) in [4.78, 5) is 2.67. The SMILES string of the molecule is Cc1cc(C)cc(-c2nnc(-c3cc(C)cc(C)c3)n2-c2ccccc2)c1.Cc1ccc(-c2ccc(-c3cc(C)cc(C)c3)s2)cc1. The van der Waals surface area contributed by atoms with Crippen LogP contribution in [-0.2, 0) is 0 Å². The van der Waals surface area contributed by atoms with Gasteiger partial charge in [-0.1, -0.05) is 112 Å². The molecule has 0 radical (unpaired) electrons. The van der Waals surface area contributed by atoms with Gasteiger partial charge in [-0.2, -0.15) is 0 Å². The quantitative estimate of drug-likeness (QED) is 0.189. The smallest absolute Gasteiger partial charge is 0.168 e. The molecule has 0 saturated heterocycles. The van der Waals surface area contributed by atoms with Gasteiger partial charge in [-0.25, -0.2) is 0 Å². The first-order valence-electron chi connectivity index (χ1n) is 16.1. The highest BCUT2D eigenvalue weighted by atomic mass is 32.1. The van der Waals surface area contributed by atoms with E-state index in [2.05, 4.69) is 166 Å². The van der Waals surface area contributed by atoms with Crippen molar-refractivity contribution < 1.29 is 0 Å². The van der Waals surface area contributed by atoms with E-state index in [4.69, 9.17) is 0 Å². The molecule has 0 aliphatic rings. The predicted molar refractivity (Wildman–Crippen MR) is 201 cm³/mol. The number of para-hydroxylation sites is 1. The average Bonchev–Trinajstić information content (AvgIpc) is 3.70. The first-order valence-corrected chi connectivity index (χ1v) is 16.9. The Bertz CT molecular complexity index is 2020. The molecular weight excluding hydrogens is 591 g/mol. The van der Waals surface area contributed by atoms with Gasteiger partial charge in [0, 0.05) is 26.6 Å². The Balaban J connectivity index is 0.000000172. The molecule has 3 nitrogen and oxygen atoms in total. The summed E-state index contributed by atoms with van der Waals surface area (Å²) >= 11 is 1.86. The second kappa shape index (κ2) is 13.7. The molecule has 0 amide bonds. The average molecular weight is 632 g/mol. The van der Waals surface area contributed by atoms with Crippen LogP contribution in [0.5, 0.6) is 0 Å². The normalized spacial score (nSPS) is 10.9. The van der Waals surface area contributed by atoms with Crippen LogP contribution in [0.4, 0.5) is 0 Å². The fourth-order valence-corrected chi connectivity index (χ4v) is 7.17. The zero-order valence-corrected chi connectivity index (χ0v) is 29.1. The van der Waals surface area contributed by atoms with Crippen LogP contribution >= 0.6 is 11.3 Å². The molecule has 2 heterocycles. The Morgan fingerprint density at radius 3 is 1.23 bits per heavy atom. The highest BCUT2D eigenvalue weighted by Gasteiger charge is 2.18. The van der Waals surface area contributed by atoms with Crippen LogP contribution < -0.4 is 0 Å². The summed E-state index contributed by atoms with van der Waals surface area (Å²) in [6.07, 6.45) is 0. The maximum absolute atomic E-state index is 4.59. The van der Waals surface area contributed by atoms with Gasteiger partial charge in [0.1, 0.15) is 0 Å². The van der Waals surface area contributed by atoms with Gasteiger partial charge in [0.15, 0.2) is 11.6 Å². The van der Waals surface area contributed by atoms with Crippen LogP contribution in [-0.4, -0.2) is 14.8 Å². The molecule has 2 aromatic heterocycles. The Kier molecular flexibility index (Phi) is 9.33. The van der Waals surface area contributed by atoms with Crippen LogP contribution in [0.25, 0.3) is 49.3 Å². The molecule has 5 aromatic carbocycles. The van der Waals surface area contributed by atoms with Crippen molar-refractivity contribution in [2.24, 2.45) is 0 Å². The van der Waals surface area contributed by atoms with Crippen molar-refractivity contribution in [2.45, 2.75) is 48.5 Å².